The Bertz CT molecular complexity index is 815. The molecule has 0 atom stereocenters. The number of rotatable bonds is 3. The van der Waals surface area contributed by atoms with Crippen LogP contribution in [-0.4, -0.2) is 61.4 Å². The number of likely N-dealkylation sites (tertiary alicyclic amines) is 1. The lowest BCUT2D eigenvalue weighted by Crippen LogP contribution is -2.49. The second-order valence-corrected chi connectivity index (χ2v) is 7.70. The molecule has 0 radical (unpaired) electrons. The van der Waals surface area contributed by atoms with E-state index in [0.717, 1.165) is 36.6 Å². The first kappa shape index (κ1) is 17.4. The number of ether oxygens (including phenoxy) is 1. The van der Waals surface area contributed by atoms with E-state index < -0.39 is 0 Å². The smallest absolute Gasteiger partial charge is 0.233 e. The maximum atomic E-state index is 12.5. The molecule has 9 heteroatoms. The molecule has 4 rings (SSSR count). The van der Waals surface area contributed by atoms with Crippen LogP contribution in [0.1, 0.15) is 35.7 Å². The van der Waals surface area contributed by atoms with E-state index in [0.29, 0.717) is 30.6 Å². The predicted octanol–water partition coefficient (Wildman–Crippen LogP) is 1.39. The number of carbonyl (C=O) groups excluding carboxylic acids is 1. The van der Waals surface area contributed by atoms with Gasteiger partial charge in [0, 0.05) is 19.3 Å². The third-order valence-corrected chi connectivity index (χ3v) is 5.82. The molecule has 2 aliphatic rings. The van der Waals surface area contributed by atoms with Gasteiger partial charge in [-0.15, -0.1) is 5.10 Å². The summed E-state index contributed by atoms with van der Waals surface area (Å²) in [5.41, 5.74) is 1.83. The van der Waals surface area contributed by atoms with Crippen LogP contribution in [-0.2, 0) is 21.6 Å². The third kappa shape index (κ3) is 3.33. The van der Waals surface area contributed by atoms with Gasteiger partial charge < -0.3 is 9.64 Å². The number of thioether (sulfide) groups is 1. The van der Waals surface area contributed by atoms with Gasteiger partial charge in [0.15, 0.2) is 0 Å². The van der Waals surface area contributed by atoms with Gasteiger partial charge in [-0.3, -0.25) is 9.89 Å². The fraction of sp³-hybridized carbons (Fsp3) is 0.588. The number of carbonyl (C=O) groups is 1. The van der Waals surface area contributed by atoms with Crippen LogP contribution in [0.15, 0.2) is 11.4 Å². The van der Waals surface area contributed by atoms with E-state index in [2.05, 4.69) is 25.1 Å². The Morgan fingerprint density at radius 2 is 2.15 bits per heavy atom. The Labute approximate surface area is 156 Å². The van der Waals surface area contributed by atoms with Crippen LogP contribution in [0, 0.1) is 13.8 Å². The highest BCUT2D eigenvalue weighted by Gasteiger charge is 2.43. The Balaban J connectivity index is 1.40. The van der Waals surface area contributed by atoms with Gasteiger partial charge in [-0.25, -0.2) is 15.0 Å². The van der Waals surface area contributed by atoms with Crippen molar-refractivity contribution >= 4 is 17.7 Å². The average molecular weight is 374 g/mol. The molecule has 0 aromatic carbocycles. The lowest BCUT2D eigenvalue weighted by molar-refractivity contribution is -0.138. The molecule has 2 aromatic heterocycles. The van der Waals surface area contributed by atoms with Crippen molar-refractivity contribution in [3.05, 3.63) is 29.1 Å². The minimum absolute atomic E-state index is 0.113. The van der Waals surface area contributed by atoms with Gasteiger partial charge in [-0.1, -0.05) is 11.8 Å². The van der Waals surface area contributed by atoms with Crippen LogP contribution >= 0.6 is 11.8 Å². The molecule has 1 saturated heterocycles. The average Bonchev–Trinajstić information content (AvgIpc) is 3.06. The quantitative estimate of drug-likeness (QED) is 0.811. The molecule has 1 amide bonds. The SMILES string of the molecule is Cc1ncc2c(n1)C1(CCN(C(=O)CSc3n[nH]c(C)n3)CC1)OCC2. The van der Waals surface area contributed by atoms with Crippen LogP contribution in [0.3, 0.4) is 0 Å². The lowest BCUT2D eigenvalue weighted by atomic mass is 9.83. The van der Waals surface area contributed by atoms with Crippen LogP contribution < -0.4 is 0 Å². The highest BCUT2D eigenvalue weighted by Crippen LogP contribution is 2.40. The summed E-state index contributed by atoms with van der Waals surface area (Å²) < 4.78 is 6.19. The van der Waals surface area contributed by atoms with Crippen molar-refractivity contribution in [3.8, 4) is 0 Å². The molecular formula is C17H22N6O2S. The van der Waals surface area contributed by atoms with E-state index in [1.165, 1.54) is 17.3 Å². The van der Waals surface area contributed by atoms with Gasteiger partial charge in [0.05, 0.1) is 18.1 Å². The Hall–Kier alpha value is -2.00. The standard InChI is InChI=1S/C17H22N6O2S/c1-11-18-9-13-3-8-25-17(15(13)19-11)4-6-23(7-5-17)14(24)10-26-16-20-12(2)21-22-16/h9H,3-8,10H2,1-2H3,(H,20,21,22). The van der Waals surface area contributed by atoms with Crippen molar-refractivity contribution in [2.45, 2.75) is 43.9 Å². The minimum Gasteiger partial charge on any atom is -0.368 e. The molecule has 2 aliphatic heterocycles. The number of amides is 1. The van der Waals surface area contributed by atoms with Gasteiger partial charge >= 0.3 is 0 Å². The van der Waals surface area contributed by atoms with E-state index in [-0.39, 0.29) is 11.5 Å². The van der Waals surface area contributed by atoms with Gasteiger partial charge in [0.1, 0.15) is 17.2 Å². The number of piperidine rings is 1. The second kappa shape index (κ2) is 6.96. The van der Waals surface area contributed by atoms with E-state index in [1.807, 2.05) is 24.9 Å². The van der Waals surface area contributed by atoms with Crippen molar-refractivity contribution < 1.29 is 9.53 Å². The summed E-state index contributed by atoms with van der Waals surface area (Å²) in [5.74, 6) is 1.99. The van der Waals surface area contributed by atoms with E-state index in [1.54, 1.807) is 0 Å². The highest BCUT2D eigenvalue weighted by atomic mass is 32.2. The zero-order chi connectivity index (χ0) is 18.1. The zero-order valence-corrected chi connectivity index (χ0v) is 15.8. The number of aryl methyl sites for hydroxylation is 2. The van der Waals surface area contributed by atoms with Crippen molar-refractivity contribution in [2.24, 2.45) is 0 Å². The lowest BCUT2D eigenvalue weighted by Gasteiger charge is -2.44. The summed E-state index contributed by atoms with van der Waals surface area (Å²) in [5, 5.41) is 7.46. The van der Waals surface area contributed by atoms with Gasteiger partial charge in [-0.2, -0.15) is 0 Å². The maximum Gasteiger partial charge on any atom is 0.233 e. The Kier molecular flexibility index (Phi) is 4.66. The largest absolute Gasteiger partial charge is 0.368 e. The normalized spacial score (nSPS) is 18.8. The number of nitrogens with zero attached hydrogens (tertiary/aromatic N) is 5. The molecule has 8 nitrogen and oxygen atoms in total. The van der Waals surface area contributed by atoms with Crippen molar-refractivity contribution in [1.29, 1.82) is 0 Å². The number of fused-ring (bicyclic) bond motifs is 2. The summed E-state index contributed by atoms with van der Waals surface area (Å²) >= 11 is 1.36. The van der Waals surface area contributed by atoms with Crippen LogP contribution in [0.5, 0.6) is 0 Å². The van der Waals surface area contributed by atoms with Crippen LogP contribution in [0.2, 0.25) is 0 Å². The molecule has 0 aliphatic carbocycles. The second-order valence-electron chi connectivity index (χ2n) is 6.76. The summed E-state index contributed by atoms with van der Waals surface area (Å²) in [6, 6.07) is 0. The number of aromatic amines is 1. The van der Waals surface area contributed by atoms with Crippen LogP contribution in [0.25, 0.3) is 0 Å². The summed E-state index contributed by atoms with van der Waals surface area (Å²) in [4.78, 5) is 27.6. The molecule has 1 N–H and O–H groups in total. The molecule has 0 saturated carbocycles. The first-order valence-corrected chi connectivity index (χ1v) is 9.81. The number of hydrogen-bond donors (Lipinski definition) is 1. The topological polar surface area (TPSA) is 96.9 Å². The molecule has 4 heterocycles. The van der Waals surface area contributed by atoms with Crippen molar-refractivity contribution in [1.82, 2.24) is 30.0 Å². The first-order chi connectivity index (χ1) is 12.6. The molecule has 26 heavy (non-hydrogen) atoms. The number of nitrogens with one attached hydrogen (secondary N) is 1. The fourth-order valence-electron chi connectivity index (χ4n) is 3.60. The van der Waals surface area contributed by atoms with Crippen molar-refractivity contribution in [3.63, 3.8) is 0 Å². The third-order valence-electron chi connectivity index (χ3n) is 4.99. The van der Waals surface area contributed by atoms with Gasteiger partial charge in [-0.05, 0) is 38.7 Å². The fourth-order valence-corrected chi connectivity index (χ4v) is 4.35. The number of H-pyrrole nitrogens is 1. The number of aromatic nitrogens is 5. The minimum atomic E-state index is -0.369. The van der Waals surface area contributed by atoms with Gasteiger partial charge in [0.25, 0.3) is 0 Å². The van der Waals surface area contributed by atoms with E-state index in [9.17, 15) is 4.79 Å². The summed E-state index contributed by atoms with van der Waals surface area (Å²) in [6.07, 6.45) is 4.32. The van der Waals surface area contributed by atoms with E-state index >= 15 is 0 Å². The first-order valence-electron chi connectivity index (χ1n) is 8.82. The molecule has 0 bridgehead atoms. The van der Waals surface area contributed by atoms with E-state index in [4.69, 9.17) is 4.74 Å². The Morgan fingerprint density at radius 1 is 1.35 bits per heavy atom. The number of hydrogen-bond acceptors (Lipinski definition) is 7. The molecule has 138 valence electrons. The van der Waals surface area contributed by atoms with Crippen LogP contribution in [0.4, 0.5) is 0 Å². The van der Waals surface area contributed by atoms with Gasteiger partial charge in [0.2, 0.25) is 11.1 Å². The molecule has 1 spiro atoms. The maximum absolute atomic E-state index is 12.5. The summed E-state index contributed by atoms with van der Waals surface area (Å²) in [6.45, 7) is 5.79. The highest BCUT2D eigenvalue weighted by molar-refractivity contribution is 7.99. The Morgan fingerprint density at radius 3 is 2.88 bits per heavy atom. The molecule has 0 unspecified atom stereocenters. The molecule has 1 fully saturated rings. The summed E-state index contributed by atoms with van der Waals surface area (Å²) in [7, 11) is 0. The predicted molar refractivity (Wildman–Crippen MR) is 95.8 cm³/mol. The molecular weight excluding hydrogens is 352 g/mol. The molecule has 2 aromatic rings. The zero-order valence-electron chi connectivity index (χ0n) is 15.0. The van der Waals surface area contributed by atoms with Crippen molar-refractivity contribution in [2.75, 3.05) is 25.4 Å². The monoisotopic (exact) mass is 374 g/mol.